The third-order valence-corrected chi connectivity index (χ3v) is 3.58. The van der Waals surface area contributed by atoms with E-state index in [0.717, 1.165) is 30.8 Å². The Balaban J connectivity index is 3.10. The van der Waals surface area contributed by atoms with Crippen molar-refractivity contribution in [1.82, 2.24) is 15.1 Å². The fourth-order valence-corrected chi connectivity index (χ4v) is 2.25. The van der Waals surface area contributed by atoms with Crippen molar-refractivity contribution in [3.63, 3.8) is 0 Å². The summed E-state index contributed by atoms with van der Waals surface area (Å²) in [6.45, 7) is 14.0. The molecule has 2 N–H and O–H groups in total. The monoisotopic (exact) mass is 335 g/mol. The number of nitrogens with zero attached hydrogens (tertiary/aromatic N) is 3. The predicted molar refractivity (Wildman–Crippen MR) is 101 cm³/mol. The quantitative estimate of drug-likeness (QED) is 0.435. The third kappa shape index (κ3) is 5.65. The molecule has 24 heavy (non-hydrogen) atoms. The minimum absolute atomic E-state index is 0.112. The summed E-state index contributed by atoms with van der Waals surface area (Å²) in [6, 6.07) is 0. The molecule has 1 amide bonds. The second kappa shape index (κ2) is 8.85. The normalized spacial score (nSPS) is 12.2. The van der Waals surface area contributed by atoms with E-state index in [0.29, 0.717) is 18.2 Å². The van der Waals surface area contributed by atoms with E-state index in [9.17, 15) is 4.79 Å². The minimum atomic E-state index is -0.173. The molecule has 0 spiro atoms. The molecule has 0 atom stereocenters. The molecule has 0 aliphatic heterocycles. The second-order valence-electron chi connectivity index (χ2n) is 7.58. The van der Waals surface area contributed by atoms with Crippen LogP contribution in [0.5, 0.6) is 0 Å². The number of carbonyl (C=O) groups excluding carboxylic acids is 1. The van der Waals surface area contributed by atoms with E-state index in [1.165, 1.54) is 0 Å². The van der Waals surface area contributed by atoms with Crippen LogP contribution in [-0.4, -0.2) is 35.1 Å². The molecule has 0 unspecified atom stereocenters. The van der Waals surface area contributed by atoms with Gasteiger partial charge in [0.05, 0.1) is 17.7 Å². The van der Waals surface area contributed by atoms with Crippen molar-refractivity contribution < 1.29 is 4.79 Å². The van der Waals surface area contributed by atoms with Crippen LogP contribution >= 0.6 is 0 Å². The SMILES string of the molecule is CCCCN=CNc1c(C(C)(C)C)nn(C)c1C(=O)NCC(C)C. The first-order valence-electron chi connectivity index (χ1n) is 8.79. The topological polar surface area (TPSA) is 71.3 Å². The number of carbonyl (C=O) groups is 1. The lowest BCUT2D eigenvalue weighted by molar-refractivity contribution is 0.0940. The number of nitrogens with one attached hydrogen (secondary N) is 2. The minimum Gasteiger partial charge on any atom is -0.350 e. The van der Waals surface area contributed by atoms with Crippen LogP contribution < -0.4 is 10.6 Å². The lowest BCUT2D eigenvalue weighted by atomic mass is 9.91. The van der Waals surface area contributed by atoms with E-state index in [-0.39, 0.29) is 11.3 Å². The van der Waals surface area contributed by atoms with Crippen LogP contribution in [-0.2, 0) is 12.5 Å². The van der Waals surface area contributed by atoms with E-state index < -0.39 is 0 Å². The highest BCUT2D eigenvalue weighted by Gasteiger charge is 2.28. The molecule has 0 bridgehead atoms. The van der Waals surface area contributed by atoms with Crippen LogP contribution in [0.15, 0.2) is 4.99 Å². The van der Waals surface area contributed by atoms with Gasteiger partial charge in [-0.2, -0.15) is 5.10 Å². The van der Waals surface area contributed by atoms with Crippen molar-refractivity contribution in [3.05, 3.63) is 11.4 Å². The van der Waals surface area contributed by atoms with Gasteiger partial charge >= 0.3 is 0 Å². The predicted octanol–water partition coefficient (Wildman–Crippen LogP) is 3.34. The Bertz CT molecular complexity index is 567. The van der Waals surface area contributed by atoms with Crippen molar-refractivity contribution in [2.45, 2.75) is 59.8 Å². The van der Waals surface area contributed by atoms with Crippen molar-refractivity contribution in [1.29, 1.82) is 0 Å². The van der Waals surface area contributed by atoms with Crippen LogP contribution in [0.3, 0.4) is 0 Å². The van der Waals surface area contributed by atoms with Crippen molar-refractivity contribution >= 4 is 17.9 Å². The number of hydrogen-bond acceptors (Lipinski definition) is 3. The summed E-state index contributed by atoms with van der Waals surface area (Å²) in [5.74, 6) is 0.287. The highest BCUT2D eigenvalue weighted by atomic mass is 16.2. The van der Waals surface area contributed by atoms with Crippen molar-refractivity contribution in [2.75, 3.05) is 18.4 Å². The molecule has 6 heteroatoms. The summed E-state index contributed by atoms with van der Waals surface area (Å²) in [6.07, 6.45) is 3.85. The molecule has 136 valence electrons. The molecule has 0 fully saturated rings. The Kier molecular flexibility index (Phi) is 7.45. The highest BCUT2D eigenvalue weighted by Crippen LogP contribution is 2.31. The van der Waals surface area contributed by atoms with Crippen LogP contribution in [0.25, 0.3) is 0 Å². The van der Waals surface area contributed by atoms with Gasteiger partial charge in [0.2, 0.25) is 0 Å². The average molecular weight is 335 g/mol. The molecule has 0 radical (unpaired) electrons. The summed E-state index contributed by atoms with van der Waals surface area (Å²) >= 11 is 0. The number of aliphatic imine (C=N–C) groups is 1. The maximum atomic E-state index is 12.6. The molecule has 0 saturated carbocycles. The van der Waals surface area contributed by atoms with Gasteiger partial charge in [0, 0.05) is 25.6 Å². The van der Waals surface area contributed by atoms with Crippen LogP contribution in [0.1, 0.15) is 70.6 Å². The standard InChI is InChI=1S/C18H33N5O/c1-8-9-10-19-12-21-14-15(17(24)20-11-13(2)3)23(7)22-16(14)18(4,5)6/h12-13H,8-11H2,1-7H3,(H,19,21)(H,20,24). The number of aromatic nitrogens is 2. The Morgan fingerprint density at radius 2 is 2.04 bits per heavy atom. The first kappa shape index (κ1) is 20.2. The van der Waals surface area contributed by atoms with Crippen LogP contribution in [0.4, 0.5) is 5.69 Å². The van der Waals surface area contributed by atoms with E-state index in [4.69, 9.17) is 0 Å². The number of anilines is 1. The van der Waals surface area contributed by atoms with E-state index in [1.807, 2.05) is 0 Å². The van der Waals surface area contributed by atoms with Crippen molar-refractivity contribution in [2.24, 2.45) is 18.0 Å². The molecule has 6 nitrogen and oxygen atoms in total. The van der Waals surface area contributed by atoms with Gasteiger partial charge in [-0.05, 0) is 12.3 Å². The molecule has 1 aromatic rings. The fourth-order valence-electron chi connectivity index (χ4n) is 2.25. The molecule has 0 aliphatic rings. The molecule has 1 rings (SSSR count). The summed E-state index contributed by atoms with van der Waals surface area (Å²) in [5.41, 5.74) is 1.98. The van der Waals surface area contributed by atoms with Crippen LogP contribution in [0, 0.1) is 5.92 Å². The highest BCUT2D eigenvalue weighted by molar-refractivity contribution is 6.01. The van der Waals surface area contributed by atoms with E-state index in [1.54, 1.807) is 18.1 Å². The number of aryl methyl sites for hydroxylation is 1. The molecular weight excluding hydrogens is 302 g/mol. The van der Waals surface area contributed by atoms with Gasteiger partial charge in [0.25, 0.3) is 5.91 Å². The Morgan fingerprint density at radius 1 is 1.38 bits per heavy atom. The molecule has 0 saturated heterocycles. The summed E-state index contributed by atoms with van der Waals surface area (Å²) in [7, 11) is 1.80. The number of amides is 1. The Labute approximate surface area is 146 Å². The third-order valence-electron chi connectivity index (χ3n) is 3.58. The Hall–Kier alpha value is -1.85. The lowest BCUT2D eigenvalue weighted by Crippen LogP contribution is -2.29. The molecule has 0 aromatic carbocycles. The summed E-state index contributed by atoms with van der Waals surface area (Å²) in [4.78, 5) is 17.0. The molecule has 1 aromatic heterocycles. The van der Waals surface area contributed by atoms with Crippen LogP contribution in [0.2, 0.25) is 0 Å². The maximum absolute atomic E-state index is 12.6. The number of hydrogen-bond donors (Lipinski definition) is 2. The summed E-state index contributed by atoms with van der Waals surface area (Å²) in [5, 5.41) is 10.7. The first-order chi connectivity index (χ1) is 11.2. The lowest BCUT2D eigenvalue weighted by Gasteiger charge is -2.17. The maximum Gasteiger partial charge on any atom is 0.271 e. The van der Waals surface area contributed by atoms with Gasteiger partial charge in [-0.25, -0.2) is 0 Å². The molecular formula is C18H33N5O. The number of unbranched alkanes of at least 4 members (excludes halogenated alkanes) is 1. The van der Waals surface area contributed by atoms with Crippen molar-refractivity contribution in [3.8, 4) is 0 Å². The largest absolute Gasteiger partial charge is 0.350 e. The first-order valence-corrected chi connectivity index (χ1v) is 8.79. The average Bonchev–Trinajstić information content (AvgIpc) is 2.81. The molecule has 0 aliphatic carbocycles. The molecule has 1 heterocycles. The zero-order chi connectivity index (χ0) is 18.3. The van der Waals surface area contributed by atoms with Gasteiger partial charge in [-0.15, -0.1) is 0 Å². The summed E-state index contributed by atoms with van der Waals surface area (Å²) < 4.78 is 1.65. The smallest absolute Gasteiger partial charge is 0.271 e. The fraction of sp³-hybridized carbons (Fsp3) is 0.722. The van der Waals surface area contributed by atoms with Gasteiger partial charge in [-0.3, -0.25) is 14.5 Å². The van der Waals surface area contributed by atoms with Gasteiger partial charge < -0.3 is 10.6 Å². The van der Waals surface area contributed by atoms with Gasteiger partial charge in [0.15, 0.2) is 0 Å². The van der Waals surface area contributed by atoms with E-state index >= 15 is 0 Å². The van der Waals surface area contributed by atoms with Gasteiger partial charge in [-0.1, -0.05) is 48.0 Å². The van der Waals surface area contributed by atoms with Gasteiger partial charge in [0.1, 0.15) is 5.69 Å². The van der Waals surface area contributed by atoms with E-state index in [2.05, 4.69) is 62.3 Å². The second-order valence-corrected chi connectivity index (χ2v) is 7.58. The zero-order valence-electron chi connectivity index (χ0n) is 16.2. The zero-order valence-corrected chi connectivity index (χ0v) is 16.2. The Morgan fingerprint density at radius 3 is 2.58 bits per heavy atom. The number of rotatable bonds is 8.